The monoisotopic (exact) mass is 331 g/mol. The number of amides is 2. The minimum atomic E-state index is -4.39. The van der Waals surface area contributed by atoms with Crippen molar-refractivity contribution in [1.82, 2.24) is 10.6 Å². The van der Waals surface area contributed by atoms with Crippen LogP contribution in [0.3, 0.4) is 0 Å². The molecule has 128 valence electrons. The van der Waals surface area contributed by atoms with E-state index >= 15 is 0 Å². The Bertz CT molecular complexity index is 526. The first-order chi connectivity index (χ1) is 10.8. The van der Waals surface area contributed by atoms with Crippen LogP contribution in [0.25, 0.3) is 0 Å². The highest BCUT2D eigenvalue weighted by atomic mass is 19.4. The third-order valence-electron chi connectivity index (χ3n) is 3.81. The minimum Gasteiger partial charge on any atom is -0.383 e. The smallest absolute Gasteiger partial charge is 0.383 e. The van der Waals surface area contributed by atoms with Crippen molar-refractivity contribution in [1.29, 1.82) is 0 Å². The molecule has 0 radical (unpaired) electrons. The number of carbonyl (C=O) groups excluding carboxylic acids is 1. The van der Waals surface area contributed by atoms with Crippen LogP contribution < -0.4 is 16.0 Å². The number of hydrogen-bond donors (Lipinski definition) is 3. The highest BCUT2D eigenvalue weighted by Gasteiger charge is 2.34. The van der Waals surface area contributed by atoms with Crippen LogP contribution in [0.15, 0.2) is 24.3 Å². The van der Waals surface area contributed by atoms with Gasteiger partial charge in [-0.3, -0.25) is 0 Å². The molecule has 1 aliphatic heterocycles. The first-order valence-corrected chi connectivity index (χ1v) is 7.31. The molecule has 5 nitrogen and oxygen atoms in total. The summed E-state index contributed by atoms with van der Waals surface area (Å²) in [6.07, 6.45) is -2.49. The lowest BCUT2D eigenvalue weighted by Crippen LogP contribution is -2.53. The van der Waals surface area contributed by atoms with Crippen LogP contribution in [0.4, 0.5) is 23.7 Å². The van der Waals surface area contributed by atoms with Gasteiger partial charge in [-0.25, -0.2) is 4.79 Å². The Balaban J connectivity index is 1.87. The summed E-state index contributed by atoms with van der Waals surface area (Å²) in [6, 6.07) is 3.84. The number of benzene rings is 1. The van der Waals surface area contributed by atoms with E-state index in [9.17, 15) is 18.0 Å². The zero-order valence-electron chi connectivity index (χ0n) is 12.8. The second-order valence-electron chi connectivity index (χ2n) is 5.63. The van der Waals surface area contributed by atoms with Crippen LogP contribution in [-0.2, 0) is 10.9 Å². The quantitative estimate of drug-likeness (QED) is 0.777. The van der Waals surface area contributed by atoms with Gasteiger partial charge in [0.25, 0.3) is 0 Å². The molecule has 2 amide bonds. The molecule has 1 aliphatic rings. The fourth-order valence-electron chi connectivity index (χ4n) is 2.64. The van der Waals surface area contributed by atoms with Crippen LogP contribution in [0.1, 0.15) is 18.4 Å². The summed E-state index contributed by atoms with van der Waals surface area (Å²) in [5.41, 5.74) is -0.736. The van der Waals surface area contributed by atoms with E-state index in [-0.39, 0.29) is 5.54 Å². The summed E-state index contributed by atoms with van der Waals surface area (Å²) < 4.78 is 42.6. The van der Waals surface area contributed by atoms with Crippen LogP contribution >= 0.6 is 0 Å². The highest BCUT2D eigenvalue weighted by molar-refractivity contribution is 5.89. The summed E-state index contributed by atoms with van der Waals surface area (Å²) in [5.74, 6) is 0. The Labute approximate surface area is 132 Å². The number of nitrogens with one attached hydrogen (secondary N) is 3. The molecule has 1 saturated heterocycles. The van der Waals surface area contributed by atoms with Crippen molar-refractivity contribution in [3.63, 3.8) is 0 Å². The summed E-state index contributed by atoms with van der Waals surface area (Å²) in [4.78, 5) is 11.9. The van der Waals surface area contributed by atoms with E-state index in [4.69, 9.17) is 4.74 Å². The van der Waals surface area contributed by atoms with Gasteiger partial charge in [0, 0.05) is 19.3 Å². The van der Waals surface area contributed by atoms with Crippen LogP contribution in [-0.4, -0.2) is 38.4 Å². The molecule has 0 bridgehead atoms. The molecular formula is C15H20F3N3O2. The summed E-state index contributed by atoms with van der Waals surface area (Å²) >= 11 is 0. The van der Waals surface area contributed by atoms with Crippen molar-refractivity contribution in [2.45, 2.75) is 24.6 Å². The van der Waals surface area contributed by atoms with E-state index in [2.05, 4.69) is 16.0 Å². The highest BCUT2D eigenvalue weighted by Crippen LogP contribution is 2.29. The van der Waals surface area contributed by atoms with E-state index in [0.29, 0.717) is 18.8 Å². The van der Waals surface area contributed by atoms with E-state index in [1.165, 1.54) is 12.1 Å². The summed E-state index contributed by atoms with van der Waals surface area (Å²) in [7, 11) is 1.60. The van der Waals surface area contributed by atoms with Crippen LogP contribution in [0, 0.1) is 0 Å². The Morgan fingerprint density at radius 2 is 2.04 bits per heavy atom. The Morgan fingerprint density at radius 1 is 1.35 bits per heavy atom. The summed E-state index contributed by atoms with van der Waals surface area (Å²) in [5, 5.41) is 8.57. The van der Waals surface area contributed by atoms with Crippen molar-refractivity contribution in [3.05, 3.63) is 29.8 Å². The van der Waals surface area contributed by atoms with Gasteiger partial charge in [-0.15, -0.1) is 0 Å². The summed E-state index contributed by atoms with van der Waals surface area (Å²) in [6.45, 7) is 1.73. The molecule has 0 spiro atoms. The molecule has 8 heteroatoms. The second-order valence-corrected chi connectivity index (χ2v) is 5.63. The molecule has 1 heterocycles. The molecule has 1 aromatic rings. The molecular weight excluding hydrogens is 311 g/mol. The number of carbonyl (C=O) groups is 1. The van der Waals surface area contributed by atoms with Gasteiger partial charge in [0.1, 0.15) is 0 Å². The van der Waals surface area contributed by atoms with Gasteiger partial charge in [-0.05, 0) is 43.7 Å². The molecule has 0 saturated carbocycles. The van der Waals surface area contributed by atoms with E-state index in [1.54, 1.807) is 7.11 Å². The van der Waals surface area contributed by atoms with Gasteiger partial charge in [0.15, 0.2) is 0 Å². The number of hydrogen-bond acceptors (Lipinski definition) is 3. The molecule has 23 heavy (non-hydrogen) atoms. The molecule has 0 aliphatic carbocycles. The molecule has 1 aromatic carbocycles. The van der Waals surface area contributed by atoms with Crippen molar-refractivity contribution in [3.8, 4) is 0 Å². The Kier molecular flexibility index (Phi) is 5.48. The number of anilines is 1. The third kappa shape index (κ3) is 4.84. The fourth-order valence-corrected chi connectivity index (χ4v) is 2.64. The molecule has 3 N–H and O–H groups in total. The average molecular weight is 331 g/mol. The average Bonchev–Trinajstić information content (AvgIpc) is 2.94. The molecule has 1 fully saturated rings. The van der Waals surface area contributed by atoms with E-state index < -0.39 is 17.8 Å². The van der Waals surface area contributed by atoms with Gasteiger partial charge >= 0.3 is 12.2 Å². The van der Waals surface area contributed by atoms with Gasteiger partial charge in [0.2, 0.25) is 0 Å². The predicted octanol–water partition coefficient (Wildman–Crippen LogP) is 2.60. The van der Waals surface area contributed by atoms with Crippen LogP contribution in [0.5, 0.6) is 0 Å². The number of ether oxygens (including phenoxy) is 1. The number of urea groups is 1. The molecule has 1 atom stereocenters. The predicted molar refractivity (Wildman–Crippen MR) is 80.3 cm³/mol. The number of rotatable bonds is 5. The van der Waals surface area contributed by atoms with Gasteiger partial charge in [-0.1, -0.05) is 0 Å². The number of methoxy groups -OCH3 is 1. The number of halogens is 3. The first-order valence-electron chi connectivity index (χ1n) is 7.31. The topological polar surface area (TPSA) is 62.4 Å². The first kappa shape index (κ1) is 17.6. The lowest BCUT2D eigenvalue weighted by molar-refractivity contribution is -0.137. The van der Waals surface area contributed by atoms with Crippen molar-refractivity contribution >= 4 is 11.7 Å². The Morgan fingerprint density at radius 3 is 2.57 bits per heavy atom. The standard InChI is InChI=1S/C15H20F3N3O2/c1-23-10-14(7-2-8-20-14)9-19-13(22)21-12-5-3-11(4-6-12)15(16,17)18/h3-6,20H,2,7-10H2,1H3,(H2,19,21,22). The SMILES string of the molecule is COCC1(CNC(=O)Nc2ccc(C(F)(F)F)cc2)CCCN1. The maximum absolute atomic E-state index is 12.5. The zero-order valence-corrected chi connectivity index (χ0v) is 12.8. The Hall–Kier alpha value is -1.80. The van der Waals surface area contributed by atoms with Crippen molar-refractivity contribution in [2.24, 2.45) is 0 Å². The largest absolute Gasteiger partial charge is 0.416 e. The fraction of sp³-hybridized carbons (Fsp3) is 0.533. The van der Waals surface area contributed by atoms with Gasteiger partial charge in [0.05, 0.1) is 17.7 Å². The number of alkyl halides is 3. The van der Waals surface area contributed by atoms with Crippen molar-refractivity contribution < 1.29 is 22.7 Å². The molecule has 0 aromatic heterocycles. The lowest BCUT2D eigenvalue weighted by Gasteiger charge is -2.28. The van der Waals surface area contributed by atoms with Crippen molar-refractivity contribution in [2.75, 3.05) is 32.1 Å². The van der Waals surface area contributed by atoms with Crippen LogP contribution in [0.2, 0.25) is 0 Å². The normalized spacial score (nSPS) is 21.2. The molecule has 2 rings (SSSR count). The minimum absolute atomic E-state index is 0.285. The molecule has 1 unspecified atom stereocenters. The zero-order chi connectivity index (χ0) is 16.9. The van der Waals surface area contributed by atoms with E-state index in [1.807, 2.05) is 0 Å². The second kappa shape index (κ2) is 7.18. The lowest BCUT2D eigenvalue weighted by atomic mass is 9.99. The van der Waals surface area contributed by atoms with E-state index in [0.717, 1.165) is 31.5 Å². The van der Waals surface area contributed by atoms with Gasteiger partial charge < -0.3 is 20.7 Å². The maximum Gasteiger partial charge on any atom is 0.416 e. The van der Waals surface area contributed by atoms with Gasteiger partial charge in [-0.2, -0.15) is 13.2 Å². The maximum atomic E-state index is 12.5. The third-order valence-corrected chi connectivity index (χ3v) is 3.81.